The predicted molar refractivity (Wildman–Crippen MR) is 69.2 cm³/mol. The lowest BCUT2D eigenvalue weighted by Crippen LogP contribution is -2.54. The third-order valence-electron chi connectivity index (χ3n) is 3.22. The molecule has 1 aliphatic heterocycles. The highest BCUT2D eigenvalue weighted by Gasteiger charge is 2.33. The number of pyridine rings is 1. The van der Waals surface area contributed by atoms with Crippen molar-refractivity contribution in [3.05, 3.63) is 23.6 Å². The number of hydrogen-bond donors (Lipinski definition) is 1. The Kier molecular flexibility index (Phi) is 3.82. The van der Waals surface area contributed by atoms with Crippen LogP contribution < -0.4 is 10.2 Å². The summed E-state index contributed by atoms with van der Waals surface area (Å²) in [6.07, 6.45) is 1.66. The fourth-order valence-corrected chi connectivity index (χ4v) is 2.24. The maximum Gasteiger partial charge on any atom is 0.170 e. The first-order valence-corrected chi connectivity index (χ1v) is 6.19. The number of hydrogen-bond acceptors (Lipinski definition) is 4. The maximum atomic E-state index is 14.4. The number of anilines is 1. The Hall–Kier alpha value is -1.20. The van der Waals surface area contributed by atoms with Crippen molar-refractivity contribution < 1.29 is 9.13 Å². The van der Waals surface area contributed by atoms with Crippen LogP contribution >= 0.6 is 0 Å². The van der Waals surface area contributed by atoms with E-state index in [4.69, 9.17) is 4.74 Å². The van der Waals surface area contributed by atoms with Gasteiger partial charge in [0, 0.05) is 24.8 Å². The molecule has 1 saturated heterocycles. The van der Waals surface area contributed by atoms with E-state index in [1.165, 1.54) is 0 Å². The quantitative estimate of drug-likeness (QED) is 0.887. The van der Waals surface area contributed by atoms with Gasteiger partial charge in [0.05, 0.1) is 18.8 Å². The molecule has 0 aliphatic carbocycles. The van der Waals surface area contributed by atoms with Crippen molar-refractivity contribution in [2.45, 2.75) is 25.9 Å². The molecule has 0 unspecified atom stereocenters. The number of nitrogens with zero attached hydrogens (tertiary/aromatic N) is 2. The number of halogens is 1. The van der Waals surface area contributed by atoms with E-state index in [-0.39, 0.29) is 11.4 Å². The van der Waals surface area contributed by atoms with Gasteiger partial charge in [-0.15, -0.1) is 0 Å². The Balaban J connectivity index is 2.35. The molecule has 1 N–H and O–H groups in total. The van der Waals surface area contributed by atoms with Crippen LogP contribution in [0.25, 0.3) is 0 Å². The summed E-state index contributed by atoms with van der Waals surface area (Å²) in [6.45, 7) is 6.45. The topological polar surface area (TPSA) is 37.4 Å². The summed E-state index contributed by atoms with van der Waals surface area (Å²) >= 11 is 0. The second kappa shape index (κ2) is 5.20. The largest absolute Gasteiger partial charge is 0.377 e. The molecule has 1 aromatic rings. The van der Waals surface area contributed by atoms with Crippen molar-refractivity contribution in [2.75, 3.05) is 31.7 Å². The second-order valence-electron chi connectivity index (χ2n) is 5.15. The molecule has 1 fully saturated rings. The lowest BCUT2D eigenvalue weighted by Gasteiger charge is -2.43. The number of nitrogens with one attached hydrogen (secondary N) is 1. The van der Waals surface area contributed by atoms with Gasteiger partial charge in [0.2, 0.25) is 0 Å². The first-order valence-electron chi connectivity index (χ1n) is 6.19. The number of rotatable bonds is 3. The number of aromatic nitrogens is 1. The van der Waals surface area contributed by atoms with Crippen LogP contribution in [0.15, 0.2) is 12.3 Å². The summed E-state index contributed by atoms with van der Waals surface area (Å²) in [4.78, 5) is 6.20. The molecule has 0 amide bonds. The third kappa shape index (κ3) is 2.47. The van der Waals surface area contributed by atoms with E-state index in [9.17, 15) is 4.39 Å². The minimum atomic E-state index is -0.234. The van der Waals surface area contributed by atoms with Crippen molar-refractivity contribution in [3.63, 3.8) is 0 Å². The molecule has 2 heterocycles. The molecule has 1 aliphatic rings. The maximum absolute atomic E-state index is 14.4. The van der Waals surface area contributed by atoms with Crippen LogP contribution in [-0.4, -0.2) is 37.3 Å². The minimum absolute atomic E-state index is 0.232. The molecule has 4 nitrogen and oxygen atoms in total. The minimum Gasteiger partial charge on any atom is -0.377 e. The zero-order chi connectivity index (χ0) is 13.2. The molecule has 0 radical (unpaired) electrons. The van der Waals surface area contributed by atoms with Crippen molar-refractivity contribution in [2.24, 2.45) is 0 Å². The normalized spacial score (nSPS) is 19.0. The lowest BCUT2D eigenvalue weighted by atomic mass is 10.0. The second-order valence-corrected chi connectivity index (χ2v) is 5.15. The Labute approximate surface area is 107 Å². The van der Waals surface area contributed by atoms with Crippen molar-refractivity contribution >= 4 is 5.82 Å². The van der Waals surface area contributed by atoms with Gasteiger partial charge >= 0.3 is 0 Å². The Morgan fingerprint density at radius 1 is 1.56 bits per heavy atom. The predicted octanol–water partition coefficient (Wildman–Crippen LogP) is 1.56. The van der Waals surface area contributed by atoms with Gasteiger partial charge in [0.15, 0.2) is 11.6 Å². The SMILES string of the molecule is CNCc1ccnc(N2CCOCC2(C)C)c1F. The summed E-state index contributed by atoms with van der Waals surface area (Å²) in [5.74, 6) is 0.192. The fraction of sp³-hybridized carbons (Fsp3) is 0.615. The Morgan fingerprint density at radius 2 is 2.33 bits per heavy atom. The molecular weight excluding hydrogens is 233 g/mol. The summed E-state index contributed by atoms with van der Waals surface area (Å²) in [5.41, 5.74) is 0.412. The van der Waals surface area contributed by atoms with Crippen molar-refractivity contribution in [1.29, 1.82) is 0 Å². The molecule has 100 valence electrons. The number of ether oxygens (including phenoxy) is 1. The van der Waals surface area contributed by atoms with Crippen LogP contribution in [0.3, 0.4) is 0 Å². The first-order chi connectivity index (χ1) is 8.56. The van der Waals surface area contributed by atoms with Crippen LogP contribution in [0.1, 0.15) is 19.4 Å². The molecule has 0 saturated carbocycles. The highest BCUT2D eigenvalue weighted by atomic mass is 19.1. The average molecular weight is 253 g/mol. The molecule has 0 aromatic carbocycles. The molecule has 2 rings (SSSR count). The van der Waals surface area contributed by atoms with E-state index in [1.807, 2.05) is 18.7 Å². The van der Waals surface area contributed by atoms with E-state index in [0.717, 1.165) is 0 Å². The van der Waals surface area contributed by atoms with Gasteiger partial charge in [-0.05, 0) is 27.0 Å². The molecule has 18 heavy (non-hydrogen) atoms. The third-order valence-corrected chi connectivity index (χ3v) is 3.22. The monoisotopic (exact) mass is 253 g/mol. The van der Waals surface area contributed by atoms with Gasteiger partial charge in [0.1, 0.15) is 0 Å². The van der Waals surface area contributed by atoms with Crippen LogP contribution in [0.2, 0.25) is 0 Å². The van der Waals surface area contributed by atoms with Gasteiger partial charge in [-0.1, -0.05) is 0 Å². The fourth-order valence-electron chi connectivity index (χ4n) is 2.24. The van der Waals surface area contributed by atoms with Gasteiger partial charge in [0.25, 0.3) is 0 Å². The van der Waals surface area contributed by atoms with Crippen molar-refractivity contribution in [1.82, 2.24) is 10.3 Å². The van der Waals surface area contributed by atoms with Crippen LogP contribution in [0.5, 0.6) is 0 Å². The summed E-state index contributed by atoms with van der Waals surface area (Å²) in [6, 6.07) is 1.71. The highest BCUT2D eigenvalue weighted by molar-refractivity contribution is 5.46. The standard InChI is InChI=1S/C13H20FN3O/c1-13(2)9-18-7-6-17(13)12-11(14)10(8-15-3)4-5-16-12/h4-5,15H,6-9H2,1-3H3. The van der Waals surface area contributed by atoms with Gasteiger partial charge in [-0.3, -0.25) is 0 Å². The smallest absolute Gasteiger partial charge is 0.170 e. The van der Waals surface area contributed by atoms with E-state index in [0.29, 0.717) is 37.7 Å². The van der Waals surface area contributed by atoms with Crippen molar-refractivity contribution in [3.8, 4) is 0 Å². The summed E-state index contributed by atoms with van der Waals surface area (Å²) < 4.78 is 19.9. The molecule has 5 heteroatoms. The van der Waals surface area contributed by atoms with Crippen LogP contribution in [-0.2, 0) is 11.3 Å². The summed E-state index contributed by atoms with van der Waals surface area (Å²) in [7, 11) is 1.80. The molecule has 0 atom stereocenters. The van der Waals surface area contributed by atoms with Gasteiger partial charge < -0.3 is 15.0 Å². The van der Waals surface area contributed by atoms with E-state index in [2.05, 4.69) is 10.3 Å². The highest BCUT2D eigenvalue weighted by Crippen LogP contribution is 2.28. The molecule has 0 bridgehead atoms. The van der Waals surface area contributed by atoms with Crippen LogP contribution in [0.4, 0.5) is 10.2 Å². The molecule has 1 aromatic heterocycles. The number of morpholine rings is 1. The zero-order valence-electron chi connectivity index (χ0n) is 11.2. The van der Waals surface area contributed by atoms with Gasteiger partial charge in [-0.25, -0.2) is 9.37 Å². The first kappa shape index (κ1) is 13.2. The van der Waals surface area contributed by atoms with Gasteiger partial charge in [-0.2, -0.15) is 0 Å². The molecule has 0 spiro atoms. The molecular formula is C13H20FN3O. The Bertz CT molecular complexity index is 423. The van der Waals surface area contributed by atoms with Crippen LogP contribution in [0, 0.1) is 5.82 Å². The summed E-state index contributed by atoms with van der Waals surface area (Å²) in [5, 5.41) is 2.96. The van der Waals surface area contributed by atoms with E-state index < -0.39 is 0 Å². The van der Waals surface area contributed by atoms with E-state index >= 15 is 0 Å². The lowest BCUT2D eigenvalue weighted by molar-refractivity contribution is 0.0634. The zero-order valence-corrected chi connectivity index (χ0v) is 11.2. The van der Waals surface area contributed by atoms with E-state index in [1.54, 1.807) is 19.3 Å². The Morgan fingerprint density at radius 3 is 3.00 bits per heavy atom. The average Bonchev–Trinajstić information content (AvgIpc) is 2.32.